The van der Waals surface area contributed by atoms with Crippen LogP contribution in [-0.2, 0) is 0 Å². The van der Waals surface area contributed by atoms with Gasteiger partial charge in [-0.1, -0.05) is 60.7 Å². The second-order valence-electron chi connectivity index (χ2n) is 8.23. The predicted molar refractivity (Wildman–Crippen MR) is 133 cm³/mol. The molecule has 3 nitrogen and oxygen atoms in total. The molecule has 2 heterocycles. The van der Waals surface area contributed by atoms with E-state index >= 15 is 0 Å². The Labute approximate surface area is 191 Å². The van der Waals surface area contributed by atoms with Crippen molar-refractivity contribution in [3.8, 4) is 39.8 Å². The molecule has 1 aliphatic rings. The molecule has 33 heavy (non-hydrogen) atoms. The molecule has 3 heteroatoms. The highest BCUT2D eigenvalue weighted by atomic mass is 16.6. The summed E-state index contributed by atoms with van der Waals surface area (Å²) in [5.74, 6) is 2.95. The third kappa shape index (κ3) is 2.83. The molecular formula is C30H19NO2. The zero-order chi connectivity index (χ0) is 21.8. The van der Waals surface area contributed by atoms with Gasteiger partial charge in [0.1, 0.15) is 0 Å². The monoisotopic (exact) mass is 425 g/mol. The minimum absolute atomic E-state index is 0.734. The molecule has 0 atom stereocenters. The maximum absolute atomic E-state index is 6.13. The number of para-hydroxylation sites is 4. The van der Waals surface area contributed by atoms with Gasteiger partial charge in [0.15, 0.2) is 23.0 Å². The Morgan fingerprint density at radius 3 is 1.88 bits per heavy atom. The van der Waals surface area contributed by atoms with Gasteiger partial charge >= 0.3 is 0 Å². The van der Waals surface area contributed by atoms with Crippen LogP contribution in [0.5, 0.6) is 23.0 Å². The second kappa shape index (κ2) is 7.01. The number of hydrogen-bond acceptors (Lipinski definition) is 2. The van der Waals surface area contributed by atoms with Crippen LogP contribution in [0.1, 0.15) is 0 Å². The van der Waals surface area contributed by atoms with Crippen molar-refractivity contribution in [1.82, 2.24) is 4.57 Å². The fraction of sp³-hybridized carbons (Fsp3) is 0. The Hall–Kier alpha value is -4.50. The van der Waals surface area contributed by atoms with Gasteiger partial charge in [0.25, 0.3) is 0 Å². The topological polar surface area (TPSA) is 23.4 Å². The molecule has 0 aliphatic carbocycles. The molecule has 1 aliphatic heterocycles. The minimum Gasteiger partial charge on any atom is -0.450 e. The van der Waals surface area contributed by atoms with Gasteiger partial charge in [0.2, 0.25) is 0 Å². The molecule has 0 amide bonds. The molecule has 6 aromatic rings. The molecule has 156 valence electrons. The Morgan fingerprint density at radius 2 is 1.03 bits per heavy atom. The molecule has 0 radical (unpaired) electrons. The van der Waals surface area contributed by atoms with Crippen LogP contribution in [0.25, 0.3) is 38.6 Å². The Kier molecular flexibility index (Phi) is 3.84. The van der Waals surface area contributed by atoms with Crippen LogP contribution in [0.2, 0.25) is 0 Å². The number of ether oxygens (including phenoxy) is 2. The molecule has 0 bridgehead atoms. The zero-order valence-electron chi connectivity index (χ0n) is 17.7. The maximum atomic E-state index is 6.13. The van der Waals surface area contributed by atoms with Crippen molar-refractivity contribution >= 4 is 21.8 Å². The average molecular weight is 425 g/mol. The van der Waals surface area contributed by atoms with Gasteiger partial charge in [-0.3, -0.25) is 0 Å². The summed E-state index contributed by atoms with van der Waals surface area (Å²) in [6.07, 6.45) is 0. The van der Waals surface area contributed by atoms with E-state index < -0.39 is 0 Å². The number of aromatic nitrogens is 1. The molecular weight excluding hydrogens is 406 g/mol. The Morgan fingerprint density at radius 1 is 0.424 bits per heavy atom. The number of benzene rings is 5. The summed E-state index contributed by atoms with van der Waals surface area (Å²) in [5, 5.41) is 2.47. The van der Waals surface area contributed by atoms with E-state index in [0.29, 0.717) is 0 Å². The fourth-order valence-electron chi connectivity index (χ4n) is 4.72. The highest BCUT2D eigenvalue weighted by molar-refractivity contribution is 6.10. The van der Waals surface area contributed by atoms with Gasteiger partial charge in [-0.2, -0.15) is 0 Å². The number of rotatable bonds is 2. The lowest BCUT2D eigenvalue weighted by Gasteiger charge is -2.21. The summed E-state index contributed by atoms with van der Waals surface area (Å²) in [4.78, 5) is 0. The van der Waals surface area contributed by atoms with E-state index in [4.69, 9.17) is 9.47 Å². The lowest BCUT2D eigenvalue weighted by Crippen LogP contribution is -1.98. The molecule has 0 saturated carbocycles. The van der Waals surface area contributed by atoms with Crippen LogP contribution >= 0.6 is 0 Å². The Balaban J connectivity index is 1.38. The summed E-state index contributed by atoms with van der Waals surface area (Å²) < 4.78 is 14.5. The van der Waals surface area contributed by atoms with Gasteiger partial charge in [0, 0.05) is 16.5 Å². The number of fused-ring (bicyclic) bond motifs is 5. The molecule has 5 aromatic carbocycles. The van der Waals surface area contributed by atoms with Gasteiger partial charge < -0.3 is 14.0 Å². The molecule has 0 saturated heterocycles. The largest absolute Gasteiger partial charge is 0.450 e. The average Bonchev–Trinajstić information content (AvgIpc) is 3.21. The fourth-order valence-corrected chi connectivity index (χ4v) is 4.72. The normalized spacial score (nSPS) is 12.1. The minimum atomic E-state index is 0.734. The van der Waals surface area contributed by atoms with Crippen molar-refractivity contribution in [3.63, 3.8) is 0 Å². The zero-order valence-corrected chi connectivity index (χ0v) is 17.7. The molecule has 1 aromatic heterocycles. The van der Waals surface area contributed by atoms with Gasteiger partial charge in [-0.25, -0.2) is 0 Å². The number of hydrogen-bond donors (Lipinski definition) is 0. The van der Waals surface area contributed by atoms with E-state index in [1.54, 1.807) is 0 Å². The van der Waals surface area contributed by atoms with Crippen LogP contribution in [-0.4, -0.2) is 4.57 Å². The Bertz CT molecular complexity index is 1660. The number of nitrogens with zero attached hydrogens (tertiary/aromatic N) is 1. The van der Waals surface area contributed by atoms with E-state index in [1.165, 1.54) is 21.8 Å². The first-order valence-electron chi connectivity index (χ1n) is 11.0. The van der Waals surface area contributed by atoms with Crippen molar-refractivity contribution in [2.24, 2.45) is 0 Å². The van der Waals surface area contributed by atoms with Gasteiger partial charge in [0.05, 0.1) is 11.0 Å². The molecule has 0 fully saturated rings. The summed E-state index contributed by atoms with van der Waals surface area (Å²) in [7, 11) is 0. The van der Waals surface area contributed by atoms with Crippen LogP contribution in [0, 0.1) is 0 Å². The lowest BCUT2D eigenvalue weighted by molar-refractivity contribution is 0.360. The van der Waals surface area contributed by atoms with Crippen LogP contribution in [0.4, 0.5) is 0 Å². The van der Waals surface area contributed by atoms with Crippen molar-refractivity contribution in [3.05, 3.63) is 115 Å². The van der Waals surface area contributed by atoms with Crippen molar-refractivity contribution < 1.29 is 9.47 Å². The lowest BCUT2D eigenvalue weighted by atomic mass is 10.0. The quantitative estimate of drug-likeness (QED) is 0.278. The first-order chi connectivity index (χ1) is 16.3. The van der Waals surface area contributed by atoms with E-state index in [1.807, 2.05) is 30.3 Å². The smallest absolute Gasteiger partial charge is 0.170 e. The van der Waals surface area contributed by atoms with Crippen LogP contribution in [0.15, 0.2) is 115 Å². The molecule has 0 spiro atoms. The summed E-state index contributed by atoms with van der Waals surface area (Å²) >= 11 is 0. The van der Waals surface area contributed by atoms with E-state index in [9.17, 15) is 0 Å². The van der Waals surface area contributed by atoms with Crippen LogP contribution in [0.3, 0.4) is 0 Å². The van der Waals surface area contributed by atoms with Crippen LogP contribution < -0.4 is 9.47 Å². The first-order valence-corrected chi connectivity index (χ1v) is 11.0. The highest BCUT2D eigenvalue weighted by Crippen LogP contribution is 2.46. The van der Waals surface area contributed by atoms with Gasteiger partial charge in [-0.15, -0.1) is 0 Å². The first kappa shape index (κ1) is 18.1. The second-order valence-corrected chi connectivity index (χ2v) is 8.23. The van der Waals surface area contributed by atoms with Crippen molar-refractivity contribution in [2.45, 2.75) is 0 Å². The summed E-state index contributed by atoms with van der Waals surface area (Å²) in [6, 6.07) is 39.6. The van der Waals surface area contributed by atoms with E-state index in [2.05, 4.69) is 89.5 Å². The standard InChI is InChI=1S/C30H19NO2/c1-2-8-22(9-3-1)31-25-11-5-4-10-23(25)24-18-20(14-16-26(24)31)21-15-17-29-30(19-21)33-28-13-7-6-12-27(28)32-29/h1-19H. The highest BCUT2D eigenvalue weighted by Gasteiger charge is 2.19. The van der Waals surface area contributed by atoms with Gasteiger partial charge in [-0.05, 0) is 65.7 Å². The predicted octanol–water partition coefficient (Wildman–Crippen LogP) is 8.35. The summed E-state index contributed by atoms with van der Waals surface area (Å²) in [5.41, 5.74) is 5.79. The third-order valence-electron chi connectivity index (χ3n) is 6.25. The summed E-state index contributed by atoms with van der Waals surface area (Å²) in [6.45, 7) is 0. The van der Waals surface area contributed by atoms with Crippen molar-refractivity contribution in [2.75, 3.05) is 0 Å². The molecule has 7 rings (SSSR count). The molecule has 0 unspecified atom stereocenters. The van der Waals surface area contributed by atoms with E-state index in [-0.39, 0.29) is 0 Å². The van der Waals surface area contributed by atoms with Crippen molar-refractivity contribution in [1.29, 1.82) is 0 Å². The maximum Gasteiger partial charge on any atom is 0.170 e. The third-order valence-corrected chi connectivity index (χ3v) is 6.25. The van der Waals surface area contributed by atoms with E-state index in [0.717, 1.165) is 39.8 Å². The SMILES string of the molecule is c1ccc(-n2c3ccccc3c3cc(-c4ccc5c(c4)Oc4ccccc4O5)ccc32)cc1. The molecule has 0 N–H and O–H groups in total.